The Morgan fingerprint density at radius 3 is 2.21 bits per heavy atom. The Kier molecular flexibility index (Phi) is 19.1. The summed E-state index contributed by atoms with van der Waals surface area (Å²) in [4.78, 5) is 48.9. The fourth-order valence-electron chi connectivity index (χ4n) is 4.91. The molecule has 1 heterocycles. The number of benzene rings is 1. The maximum absolute atomic E-state index is 13.2. The number of hydrogen-bond donors (Lipinski definition) is 0. The molecule has 0 spiro atoms. The maximum Gasteiger partial charge on any atom is 0.306 e. The van der Waals surface area contributed by atoms with E-state index in [9.17, 15) is 19.2 Å². The summed E-state index contributed by atoms with van der Waals surface area (Å²) in [6, 6.07) is 8.15. The van der Waals surface area contributed by atoms with Gasteiger partial charge in [0.15, 0.2) is 6.10 Å². The van der Waals surface area contributed by atoms with Gasteiger partial charge in [0.05, 0.1) is 12.1 Å². The van der Waals surface area contributed by atoms with E-state index in [1.807, 2.05) is 35.9 Å². The number of unbranched alkanes of at least 4 members (excludes halogenated alkanes) is 3. The predicted molar refractivity (Wildman–Crippen MR) is 158 cm³/mol. The second kappa shape index (κ2) is 21.0. The zero-order valence-electron chi connectivity index (χ0n) is 25.9. The van der Waals surface area contributed by atoms with Gasteiger partial charge in [-0.3, -0.25) is 19.0 Å². The van der Waals surface area contributed by atoms with E-state index in [0.29, 0.717) is 12.3 Å². The number of aromatic nitrogens is 1. The number of carbonyl (C=O) groups excluding carboxylic acids is 4. The number of ether oxygens (including phenoxy) is 3. The van der Waals surface area contributed by atoms with E-state index in [0.717, 1.165) is 62.4 Å². The Morgan fingerprint density at radius 1 is 0.952 bits per heavy atom. The van der Waals surface area contributed by atoms with Gasteiger partial charge in [0.2, 0.25) is 5.91 Å². The smallest absolute Gasteiger partial charge is 0.306 e. The quantitative estimate of drug-likeness (QED) is 0.0786. The number of fused-ring (bicyclic) bond motifs is 1. The molecular weight excluding hydrogens is 664 g/mol. The average molecular weight is 712 g/mol. The largest absolute Gasteiger partial charge is 0.650 e. The zero-order chi connectivity index (χ0) is 30.2. The van der Waals surface area contributed by atoms with Crippen LogP contribution in [-0.2, 0) is 35.0 Å². The molecule has 10 heteroatoms. The summed E-state index contributed by atoms with van der Waals surface area (Å²) in [5, 5.41) is 1.16. The van der Waals surface area contributed by atoms with E-state index < -0.39 is 18.0 Å². The molecule has 1 aromatic carbocycles. The summed E-state index contributed by atoms with van der Waals surface area (Å²) in [6.07, 6.45) is 8.99. The number of carbonyl (C=O) groups is 3. The van der Waals surface area contributed by atoms with Gasteiger partial charge in [-0.2, -0.15) is 0 Å². The zero-order valence-corrected chi connectivity index (χ0v) is 29.0. The molecule has 3 atom stereocenters. The molecule has 0 bridgehead atoms. The normalized spacial score (nSPS) is 13.2. The Hall–Kier alpha value is -1.82. The summed E-state index contributed by atoms with van der Waals surface area (Å²) in [5.74, 6) is -0.316. The molecule has 3 unspecified atom stereocenters. The van der Waals surface area contributed by atoms with Crippen molar-refractivity contribution >= 4 is 35.2 Å². The first-order valence-electron chi connectivity index (χ1n) is 14.7. The van der Waals surface area contributed by atoms with Crippen molar-refractivity contribution in [3.8, 4) is 0 Å². The van der Waals surface area contributed by atoms with Crippen LogP contribution in [0, 0.1) is 53.6 Å². The molecule has 0 amide bonds. The molecular formula is C32H47CeN2O7-. The molecule has 0 N–H and O–H groups in total. The van der Waals surface area contributed by atoms with Crippen LogP contribution in [0.5, 0.6) is 0 Å². The summed E-state index contributed by atoms with van der Waals surface area (Å²) in [6.45, 7) is 7.25. The number of nitrogens with zero attached hydrogens (tertiary/aromatic N) is 2. The number of hydrogen-bond acceptors (Lipinski definition) is 8. The topological polar surface area (TPSA) is 104 Å². The van der Waals surface area contributed by atoms with Crippen LogP contribution in [0.3, 0.4) is 0 Å². The molecule has 2 rings (SSSR count). The van der Waals surface area contributed by atoms with Gasteiger partial charge in [-0.25, -0.2) is 0 Å². The first-order valence-corrected chi connectivity index (χ1v) is 14.7. The van der Waals surface area contributed by atoms with Crippen LogP contribution in [0.25, 0.3) is 10.9 Å². The van der Waals surface area contributed by atoms with Gasteiger partial charge >= 0.3 is 11.9 Å². The third-order valence-electron chi connectivity index (χ3n) is 7.17. The van der Waals surface area contributed by atoms with Gasteiger partial charge in [-0.15, -0.1) is 0 Å². The van der Waals surface area contributed by atoms with Crippen molar-refractivity contribution < 1.29 is 75.1 Å². The molecule has 0 aliphatic carbocycles. The van der Waals surface area contributed by atoms with E-state index in [2.05, 4.69) is 36.7 Å². The monoisotopic (exact) mass is 711 g/mol. The average Bonchev–Trinajstić information content (AvgIpc) is 3.29. The molecule has 0 aliphatic rings. The molecule has 2 aromatic rings. The van der Waals surface area contributed by atoms with Crippen molar-refractivity contribution in [3.63, 3.8) is 0 Å². The van der Waals surface area contributed by atoms with Crippen LogP contribution in [0.4, 0.5) is 0 Å². The van der Waals surface area contributed by atoms with Crippen molar-refractivity contribution in [1.29, 1.82) is 0 Å². The second-order valence-electron chi connectivity index (χ2n) is 11.4. The van der Waals surface area contributed by atoms with Crippen molar-refractivity contribution in [2.45, 2.75) is 84.7 Å². The molecule has 0 radical (unpaired) electrons. The molecule has 0 aliphatic heterocycles. The number of esters is 2. The molecule has 0 fully saturated rings. The predicted octanol–water partition coefficient (Wildman–Crippen LogP) is 5.34. The van der Waals surface area contributed by atoms with Gasteiger partial charge in [0.1, 0.15) is 6.61 Å². The molecule has 9 nitrogen and oxygen atoms in total. The van der Waals surface area contributed by atoms with Crippen LogP contribution in [0.15, 0.2) is 30.5 Å². The van der Waals surface area contributed by atoms with E-state index in [1.54, 1.807) is 0 Å². The minimum Gasteiger partial charge on any atom is -0.650 e. The maximum atomic E-state index is 13.2. The number of likely N-dealkylation sites (N-methyl/N-ethyl adjacent to an activating group) is 1. The van der Waals surface area contributed by atoms with E-state index in [4.69, 9.17) is 9.47 Å². The Balaban J connectivity index is 0.00000882. The number of para-hydroxylation sites is 1. The fourth-order valence-corrected chi connectivity index (χ4v) is 4.91. The van der Waals surface area contributed by atoms with Crippen molar-refractivity contribution in [3.05, 3.63) is 36.0 Å². The van der Waals surface area contributed by atoms with E-state index in [-0.39, 0.29) is 73.2 Å². The minimum absolute atomic E-state index is 0. The summed E-state index contributed by atoms with van der Waals surface area (Å²) < 4.78 is 16.5. The standard InChI is InChI=1S/C32H47N2O7.Ce/c1-24(18-31(37)34-20-27(16-17-33(4)5)29-14-10-11-15-30(29)34)12-8-6-7-9-13-25(2)19-32(38)41-28(21-39-23-35)22-40-26(3)36;/h10-11,14-15,20,24-25,28H,6-9,12-13,16-19,21-22H2,1-5H3;/q-1;. The summed E-state index contributed by atoms with van der Waals surface area (Å²) in [7, 11) is 4.12. The Labute approximate surface area is 284 Å². The number of rotatable bonds is 20. The van der Waals surface area contributed by atoms with Crippen LogP contribution in [0.2, 0.25) is 0 Å². The van der Waals surface area contributed by atoms with Crippen molar-refractivity contribution in [2.75, 3.05) is 33.9 Å². The second-order valence-corrected chi connectivity index (χ2v) is 11.4. The first-order chi connectivity index (χ1) is 19.6. The van der Waals surface area contributed by atoms with E-state index in [1.165, 1.54) is 19.0 Å². The van der Waals surface area contributed by atoms with Gasteiger partial charge in [-0.05, 0) is 44.0 Å². The van der Waals surface area contributed by atoms with E-state index >= 15 is 0 Å². The van der Waals surface area contributed by atoms with Crippen LogP contribution >= 0.6 is 0 Å². The third-order valence-corrected chi connectivity index (χ3v) is 7.17. The van der Waals surface area contributed by atoms with Gasteiger partial charge in [0, 0.05) is 79.6 Å². The van der Waals surface area contributed by atoms with Crippen LogP contribution in [0.1, 0.15) is 82.5 Å². The first kappa shape index (κ1) is 38.2. The summed E-state index contributed by atoms with van der Waals surface area (Å²) >= 11 is 0. The van der Waals surface area contributed by atoms with Crippen LogP contribution < -0.4 is 0 Å². The SMILES string of the molecule is CC(=O)OCC(CO[C-]=O)OC(=O)CC(C)CCCCCCC(C)CC(=O)n1cc(CCN(C)C)c2ccccc21.[Ce]. The van der Waals surface area contributed by atoms with Crippen molar-refractivity contribution in [1.82, 2.24) is 9.47 Å². The molecule has 42 heavy (non-hydrogen) atoms. The third kappa shape index (κ3) is 14.6. The molecule has 1 aromatic heterocycles. The van der Waals surface area contributed by atoms with Gasteiger partial charge in [0.25, 0.3) is 0 Å². The molecule has 0 saturated heterocycles. The Morgan fingerprint density at radius 2 is 1.60 bits per heavy atom. The molecule has 0 saturated carbocycles. The van der Waals surface area contributed by atoms with Gasteiger partial charge in [-0.1, -0.05) is 77.0 Å². The van der Waals surface area contributed by atoms with Gasteiger partial charge < -0.3 is 23.9 Å². The molecule has 232 valence electrons. The minimum atomic E-state index is -0.838. The fraction of sp³-hybridized carbons (Fsp3) is 0.625. The van der Waals surface area contributed by atoms with Crippen LogP contribution in [-0.4, -0.2) is 73.7 Å². The Bertz CT molecular complexity index is 1120. The summed E-state index contributed by atoms with van der Waals surface area (Å²) in [5.41, 5.74) is 2.20. The van der Waals surface area contributed by atoms with Crippen molar-refractivity contribution in [2.24, 2.45) is 11.8 Å².